The number of amides is 1. The molecule has 2 heterocycles. The molecule has 2 aromatic rings. The van der Waals surface area contributed by atoms with E-state index in [1.54, 1.807) is 18.2 Å². The number of hydrogen-bond acceptors (Lipinski definition) is 2. The molecule has 5 heteroatoms. The summed E-state index contributed by atoms with van der Waals surface area (Å²) >= 11 is 5.90. The number of rotatable bonds is 2. The molecule has 0 bridgehead atoms. The van der Waals surface area contributed by atoms with Gasteiger partial charge in [0.15, 0.2) is 0 Å². The molecule has 4 nitrogen and oxygen atoms in total. The Hall–Kier alpha value is -1.94. The van der Waals surface area contributed by atoms with Gasteiger partial charge in [-0.1, -0.05) is 11.6 Å². The molecule has 0 radical (unpaired) electrons. The van der Waals surface area contributed by atoms with Crippen LogP contribution in [0, 0.1) is 0 Å². The van der Waals surface area contributed by atoms with E-state index in [0.717, 1.165) is 25.1 Å². The number of nitrogens with two attached hydrogens (primary N) is 1. The van der Waals surface area contributed by atoms with Gasteiger partial charge in [-0.3, -0.25) is 4.79 Å². The maximum absolute atomic E-state index is 12.6. The largest absolute Gasteiger partial charge is 0.398 e. The summed E-state index contributed by atoms with van der Waals surface area (Å²) in [5, 5.41) is 0.476. The highest BCUT2D eigenvalue weighted by atomic mass is 35.5. The maximum Gasteiger partial charge on any atom is 0.254 e. The Bertz CT molecular complexity index is 624. The molecule has 0 aliphatic carbocycles. The maximum atomic E-state index is 12.6. The van der Waals surface area contributed by atoms with Crippen molar-refractivity contribution >= 4 is 23.2 Å². The Morgan fingerprint density at radius 2 is 2.25 bits per heavy atom. The van der Waals surface area contributed by atoms with E-state index in [9.17, 15) is 4.79 Å². The number of nitrogens with zero attached hydrogens (tertiary/aromatic N) is 1. The number of aromatic nitrogens is 1. The van der Waals surface area contributed by atoms with Gasteiger partial charge in [0, 0.05) is 24.0 Å². The van der Waals surface area contributed by atoms with Crippen LogP contribution in [-0.2, 0) is 0 Å². The third kappa shape index (κ3) is 2.27. The zero-order chi connectivity index (χ0) is 14.1. The van der Waals surface area contributed by atoms with Gasteiger partial charge in [-0.2, -0.15) is 0 Å². The van der Waals surface area contributed by atoms with Crippen molar-refractivity contribution in [3.63, 3.8) is 0 Å². The Balaban J connectivity index is 1.87. The molecular weight excluding hydrogens is 274 g/mol. The standard InChI is InChI=1S/C15H16ClN3O/c16-11-6-5-10(9-12(11)17)15(20)19-8-2-4-14(19)13-3-1-7-18-13/h1,3,5-7,9,14,18H,2,4,8,17H2. The summed E-state index contributed by atoms with van der Waals surface area (Å²) in [5.41, 5.74) is 7.89. The Morgan fingerprint density at radius 1 is 1.40 bits per heavy atom. The molecule has 1 aromatic heterocycles. The van der Waals surface area contributed by atoms with Crippen LogP contribution >= 0.6 is 11.6 Å². The van der Waals surface area contributed by atoms with Crippen LogP contribution in [0.3, 0.4) is 0 Å². The van der Waals surface area contributed by atoms with Gasteiger partial charge in [0.1, 0.15) is 0 Å². The summed E-state index contributed by atoms with van der Waals surface area (Å²) in [6.45, 7) is 0.769. The van der Waals surface area contributed by atoms with Crippen molar-refractivity contribution in [1.82, 2.24) is 9.88 Å². The zero-order valence-electron chi connectivity index (χ0n) is 11.0. The summed E-state index contributed by atoms with van der Waals surface area (Å²) in [4.78, 5) is 17.7. The van der Waals surface area contributed by atoms with Gasteiger partial charge in [-0.15, -0.1) is 0 Å². The lowest BCUT2D eigenvalue weighted by molar-refractivity contribution is 0.0733. The van der Waals surface area contributed by atoms with Crippen LogP contribution in [0.2, 0.25) is 5.02 Å². The first-order valence-electron chi connectivity index (χ1n) is 6.66. The summed E-state index contributed by atoms with van der Waals surface area (Å²) in [7, 11) is 0. The van der Waals surface area contributed by atoms with Crippen molar-refractivity contribution in [3.05, 3.63) is 52.8 Å². The van der Waals surface area contributed by atoms with E-state index >= 15 is 0 Å². The van der Waals surface area contributed by atoms with Crippen molar-refractivity contribution in [2.24, 2.45) is 0 Å². The van der Waals surface area contributed by atoms with Gasteiger partial charge in [-0.05, 0) is 43.2 Å². The SMILES string of the molecule is Nc1cc(C(=O)N2CCCC2c2ccc[nH]2)ccc1Cl. The van der Waals surface area contributed by atoms with E-state index in [2.05, 4.69) is 4.98 Å². The van der Waals surface area contributed by atoms with Crippen molar-refractivity contribution in [2.75, 3.05) is 12.3 Å². The quantitative estimate of drug-likeness (QED) is 0.834. The van der Waals surface area contributed by atoms with Crippen LogP contribution in [0.1, 0.15) is 34.9 Å². The van der Waals surface area contributed by atoms with Crippen LogP contribution in [-0.4, -0.2) is 22.3 Å². The number of carbonyl (C=O) groups is 1. The van der Waals surface area contributed by atoms with Gasteiger partial charge >= 0.3 is 0 Å². The molecule has 3 rings (SSSR count). The second kappa shape index (κ2) is 5.21. The predicted octanol–water partition coefficient (Wildman–Crippen LogP) is 3.23. The highest BCUT2D eigenvalue weighted by molar-refractivity contribution is 6.33. The van der Waals surface area contributed by atoms with Gasteiger partial charge in [0.2, 0.25) is 0 Å². The van der Waals surface area contributed by atoms with Crippen molar-refractivity contribution < 1.29 is 4.79 Å². The number of nitrogens with one attached hydrogen (secondary N) is 1. The summed E-state index contributed by atoms with van der Waals surface area (Å²) in [6, 6.07) is 9.14. The van der Waals surface area contributed by atoms with Crippen LogP contribution < -0.4 is 5.73 Å². The van der Waals surface area contributed by atoms with Crippen LogP contribution in [0.15, 0.2) is 36.5 Å². The van der Waals surface area contributed by atoms with Gasteiger partial charge in [0.05, 0.1) is 16.8 Å². The van der Waals surface area contributed by atoms with Crippen LogP contribution in [0.25, 0.3) is 0 Å². The number of nitrogen functional groups attached to an aromatic ring is 1. The molecule has 0 spiro atoms. The summed E-state index contributed by atoms with van der Waals surface area (Å²) in [6.07, 6.45) is 3.88. The molecule has 1 fully saturated rings. The fourth-order valence-electron chi connectivity index (χ4n) is 2.73. The van der Waals surface area contributed by atoms with Crippen LogP contribution in [0.4, 0.5) is 5.69 Å². The Morgan fingerprint density at radius 3 is 2.95 bits per heavy atom. The molecule has 104 valence electrons. The van der Waals surface area contributed by atoms with E-state index in [0.29, 0.717) is 16.3 Å². The van der Waals surface area contributed by atoms with E-state index in [1.165, 1.54) is 0 Å². The molecule has 1 amide bonds. The zero-order valence-corrected chi connectivity index (χ0v) is 11.7. The van der Waals surface area contributed by atoms with Crippen molar-refractivity contribution in [1.29, 1.82) is 0 Å². The number of benzene rings is 1. The number of H-pyrrole nitrogens is 1. The third-order valence-corrected chi connectivity index (χ3v) is 4.08. The first kappa shape index (κ1) is 13.1. The summed E-state index contributed by atoms with van der Waals surface area (Å²) in [5.74, 6) is 0.00506. The first-order chi connectivity index (χ1) is 9.66. The van der Waals surface area contributed by atoms with E-state index < -0.39 is 0 Å². The highest BCUT2D eigenvalue weighted by Gasteiger charge is 2.31. The Kier molecular flexibility index (Phi) is 3.40. The average Bonchev–Trinajstić information content (AvgIpc) is 3.10. The normalized spacial score (nSPS) is 18.4. The molecule has 0 saturated carbocycles. The number of halogens is 1. The fraction of sp³-hybridized carbons (Fsp3) is 0.267. The minimum Gasteiger partial charge on any atom is -0.398 e. The number of aromatic amines is 1. The minimum absolute atomic E-state index is 0.00506. The third-order valence-electron chi connectivity index (χ3n) is 3.74. The van der Waals surface area contributed by atoms with Crippen molar-refractivity contribution in [3.8, 4) is 0 Å². The lowest BCUT2D eigenvalue weighted by Crippen LogP contribution is -2.30. The topological polar surface area (TPSA) is 62.1 Å². The summed E-state index contributed by atoms with van der Waals surface area (Å²) < 4.78 is 0. The number of hydrogen-bond donors (Lipinski definition) is 2. The van der Waals surface area contributed by atoms with Gasteiger partial charge < -0.3 is 15.6 Å². The lowest BCUT2D eigenvalue weighted by Gasteiger charge is -2.24. The molecule has 1 saturated heterocycles. The lowest BCUT2D eigenvalue weighted by atomic mass is 10.1. The molecule has 1 unspecified atom stereocenters. The fourth-order valence-corrected chi connectivity index (χ4v) is 2.84. The van der Waals surface area contributed by atoms with E-state index in [-0.39, 0.29) is 11.9 Å². The van der Waals surface area contributed by atoms with Crippen LogP contribution in [0.5, 0.6) is 0 Å². The smallest absolute Gasteiger partial charge is 0.254 e. The molecule has 1 atom stereocenters. The second-order valence-electron chi connectivity index (χ2n) is 5.02. The number of carbonyl (C=O) groups excluding carboxylic acids is 1. The highest BCUT2D eigenvalue weighted by Crippen LogP contribution is 2.32. The first-order valence-corrected chi connectivity index (χ1v) is 7.04. The monoisotopic (exact) mass is 289 g/mol. The molecule has 20 heavy (non-hydrogen) atoms. The molecule has 1 aliphatic rings. The molecule has 1 aromatic carbocycles. The second-order valence-corrected chi connectivity index (χ2v) is 5.43. The molecule has 3 N–H and O–H groups in total. The predicted molar refractivity (Wildman–Crippen MR) is 79.7 cm³/mol. The molecule has 1 aliphatic heterocycles. The number of likely N-dealkylation sites (tertiary alicyclic amines) is 1. The van der Waals surface area contributed by atoms with Gasteiger partial charge in [0.25, 0.3) is 5.91 Å². The van der Waals surface area contributed by atoms with Gasteiger partial charge in [-0.25, -0.2) is 0 Å². The molecular formula is C15H16ClN3O. The Labute approximate surface area is 122 Å². The minimum atomic E-state index is 0.00506. The van der Waals surface area contributed by atoms with Crippen molar-refractivity contribution in [2.45, 2.75) is 18.9 Å². The average molecular weight is 290 g/mol. The number of anilines is 1. The van der Waals surface area contributed by atoms with E-state index in [4.69, 9.17) is 17.3 Å². The van der Waals surface area contributed by atoms with E-state index in [1.807, 2.05) is 23.2 Å².